The van der Waals surface area contributed by atoms with Gasteiger partial charge in [0.15, 0.2) is 0 Å². The Labute approximate surface area is 229 Å². The standard InChI is InChI=1S/C29H28F3N5O3/c1-2-36-13-15-37(16-14-36)28(40)22-10-11-25(33-19-22)35-26(38)12-9-20-5-3-8-24(17-20)34-27(39)21-6-4-7-23(18-21)29(30,31)32/h3-12,17-19H,2,13-16H2,1H3,(H,34,39)(H,33,35,38). The van der Waals surface area contributed by atoms with Crippen molar-refractivity contribution >= 4 is 35.3 Å². The summed E-state index contributed by atoms with van der Waals surface area (Å²) in [5.74, 6) is -0.966. The highest BCUT2D eigenvalue weighted by Gasteiger charge is 2.31. The Kier molecular flexibility index (Phi) is 8.95. The minimum atomic E-state index is -4.55. The van der Waals surface area contributed by atoms with Crippen LogP contribution in [0.3, 0.4) is 0 Å². The number of rotatable bonds is 7. The number of pyridine rings is 1. The first-order valence-corrected chi connectivity index (χ1v) is 12.7. The normalized spacial score (nSPS) is 14.2. The second-order valence-electron chi connectivity index (χ2n) is 9.14. The van der Waals surface area contributed by atoms with Crippen molar-refractivity contribution in [1.29, 1.82) is 0 Å². The number of piperazine rings is 1. The van der Waals surface area contributed by atoms with E-state index in [-0.39, 0.29) is 17.3 Å². The van der Waals surface area contributed by atoms with Crippen LogP contribution in [0.15, 0.2) is 72.9 Å². The molecule has 0 saturated carbocycles. The molecular weight excluding hydrogens is 523 g/mol. The number of amides is 3. The quantitative estimate of drug-likeness (QED) is 0.412. The number of nitrogens with one attached hydrogen (secondary N) is 2. The number of alkyl halides is 3. The summed E-state index contributed by atoms with van der Waals surface area (Å²) in [6, 6.07) is 13.8. The fraction of sp³-hybridized carbons (Fsp3) is 0.241. The average Bonchev–Trinajstić information content (AvgIpc) is 2.96. The van der Waals surface area contributed by atoms with Crippen LogP contribution in [0.25, 0.3) is 6.08 Å². The third kappa shape index (κ3) is 7.54. The molecule has 1 aromatic heterocycles. The van der Waals surface area contributed by atoms with E-state index in [9.17, 15) is 27.6 Å². The molecular formula is C29H28F3N5O3. The lowest BCUT2D eigenvalue weighted by atomic mass is 10.1. The highest BCUT2D eigenvalue weighted by molar-refractivity contribution is 6.05. The van der Waals surface area contributed by atoms with E-state index in [1.54, 1.807) is 41.3 Å². The molecule has 0 aliphatic carbocycles. The lowest BCUT2D eigenvalue weighted by Gasteiger charge is -2.34. The summed E-state index contributed by atoms with van der Waals surface area (Å²) in [4.78, 5) is 45.8. The molecule has 1 saturated heterocycles. The van der Waals surface area contributed by atoms with Gasteiger partial charge >= 0.3 is 6.18 Å². The molecule has 2 aromatic carbocycles. The maximum Gasteiger partial charge on any atom is 0.416 e. The van der Waals surface area contributed by atoms with Gasteiger partial charge in [0, 0.05) is 49.7 Å². The van der Waals surface area contributed by atoms with Crippen LogP contribution in [-0.2, 0) is 11.0 Å². The van der Waals surface area contributed by atoms with E-state index in [0.717, 1.165) is 31.8 Å². The van der Waals surface area contributed by atoms with Crippen molar-refractivity contribution in [3.63, 3.8) is 0 Å². The van der Waals surface area contributed by atoms with E-state index < -0.39 is 23.6 Å². The summed E-state index contributed by atoms with van der Waals surface area (Å²) >= 11 is 0. The molecule has 4 rings (SSSR count). The molecule has 0 spiro atoms. The van der Waals surface area contributed by atoms with Crippen LogP contribution in [0.4, 0.5) is 24.7 Å². The predicted octanol–water partition coefficient (Wildman–Crippen LogP) is 4.78. The average molecular weight is 552 g/mol. The molecule has 0 radical (unpaired) electrons. The summed E-state index contributed by atoms with van der Waals surface area (Å²) in [7, 11) is 0. The summed E-state index contributed by atoms with van der Waals surface area (Å²) < 4.78 is 38.8. The van der Waals surface area contributed by atoms with Gasteiger partial charge in [-0.05, 0) is 60.6 Å². The van der Waals surface area contributed by atoms with Crippen molar-refractivity contribution in [1.82, 2.24) is 14.8 Å². The van der Waals surface area contributed by atoms with Gasteiger partial charge in [-0.15, -0.1) is 0 Å². The molecule has 2 N–H and O–H groups in total. The Morgan fingerprint density at radius 2 is 1.68 bits per heavy atom. The predicted molar refractivity (Wildman–Crippen MR) is 146 cm³/mol. The SMILES string of the molecule is CCN1CCN(C(=O)c2ccc(NC(=O)C=Cc3cccc(NC(=O)c4cccc(C(F)(F)F)c4)c3)nc2)CC1. The first kappa shape index (κ1) is 28.5. The van der Waals surface area contributed by atoms with E-state index in [0.29, 0.717) is 29.9 Å². The van der Waals surface area contributed by atoms with E-state index in [4.69, 9.17) is 0 Å². The number of carbonyl (C=O) groups is 3. The minimum absolute atomic E-state index is 0.0962. The molecule has 1 fully saturated rings. The Bertz CT molecular complexity index is 1400. The zero-order valence-electron chi connectivity index (χ0n) is 21.7. The van der Waals surface area contributed by atoms with Gasteiger partial charge in [0.1, 0.15) is 5.82 Å². The fourth-order valence-electron chi connectivity index (χ4n) is 4.14. The second kappa shape index (κ2) is 12.6. The molecule has 0 atom stereocenters. The van der Waals surface area contributed by atoms with Gasteiger partial charge in [0.2, 0.25) is 5.91 Å². The van der Waals surface area contributed by atoms with Crippen molar-refractivity contribution in [3.05, 3.63) is 95.2 Å². The molecule has 3 aromatic rings. The zero-order valence-corrected chi connectivity index (χ0v) is 21.7. The maximum atomic E-state index is 12.9. The largest absolute Gasteiger partial charge is 0.416 e. The number of aromatic nitrogens is 1. The van der Waals surface area contributed by atoms with Crippen molar-refractivity contribution in [3.8, 4) is 0 Å². The molecule has 2 heterocycles. The Balaban J connectivity index is 1.32. The molecule has 0 unspecified atom stereocenters. The number of likely N-dealkylation sites (N-methyl/N-ethyl adjacent to an activating group) is 1. The molecule has 1 aliphatic rings. The van der Waals surface area contributed by atoms with E-state index >= 15 is 0 Å². The maximum absolute atomic E-state index is 12.9. The van der Waals surface area contributed by atoms with Gasteiger partial charge in [-0.3, -0.25) is 14.4 Å². The Morgan fingerprint density at radius 1 is 0.925 bits per heavy atom. The number of carbonyl (C=O) groups excluding carboxylic acids is 3. The number of halogens is 3. The lowest BCUT2D eigenvalue weighted by Crippen LogP contribution is -2.48. The van der Waals surface area contributed by atoms with Crippen LogP contribution < -0.4 is 10.6 Å². The molecule has 8 nitrogen and oxygen atoms in total. The number of nitrogens with zero attached hydrogens (tertiary/aromatic N) is 3. The number of hydrogen-bond donors (Lipinski definition) is 2. The molecule has 11 heteroatoms. The van der Waals surface area contributed by atoms with Crippen LogP contribution in [-0.4, -0.2) is 65.2 Å². The minimum Gasteiger partial charge on any atom is -0.336 e. The molecule has 1 aliphatic heterocycles. The molecule has 0 bridgehead atoms. The monoisotopic (exact) mass is 551 g/mol. The Hall–Kier alpha value is -4.51. The zero-order chi connectivity index (χ0) is 28.7. The number of anilines is 2. The third-order valence-electron chi connectivity index (χ3n) is 6.39. The van der Waals surface area contributed by atoms with Crippen molar-refractivity contribution in [2.75, 3.05) is 43.4 Å². The van der Waals surface area contributed by atoms with Crippen molar-refractivity contribution in [2.45, 2.75) is 13.1 Å². The smallest absolute Gasteiger partial charge is 0.336 e. The van der Waals surface area contributed by atoms with Crippen LogP contribution in [0.2, 0.25) is 0 Å². The molecule has 40 heavy (non-hydrogen) atoms. The van der Waals surface area contributed by atoms with Gasteiger partial charge in [-0.2, -0.15) is 13.2 Å². The van der Waals surface area contributed by atoms with Gasteiger partial charge in [0.05, 0.1) is 11.1 Å². The molecule has 208 valence electrons. The van der Waals surface area contributed by atoms with Crippen molar-refractivity contribution < 1.29 is 27.6 Å². The van der Waals surface area contributed by atoms with Crippen LogP contribution in [0, 0.1) is 0 Å². The summed E-state index contributed by atoms with van der Waals surface area (Å²) in [6.45, 7) is 6.03. The van der Waals surface area contributed by atoms with Crippen molar-refractivity contribution in [2.24, 2.45) is 0 Å². The fourth-order valence-corrected chi connectivity index (χ4v) is 4.14. The summed E-state index contributed by atoms with van der Waals surface area (Å²) in [5.41, 5.74) is 0.332. The highest BCUT2D eigenvalue weighted by Crippen LogP contribution is 2.29. The van der Waals surface area contributed by atoms with Crippen LogP contribution in [0.1, 0.15) is 38.8 Å². The van der Waals surface area contributed by atoms with Gasteiger partial charge in [0.25, 0.3) is 11.8 Å². The second-order valence-corrected chi connectivity index (χ2v) is 9.14. The number of benzene rings is 2. The van der Waals surface area contributed by atoms with Crippen LogP contribution >= 0.6 is 0 Å². The topological polar surface area (TPSA) is 94.6 Å². The molecule has 3 amide bonds. The first-order valence-electron chi connectivity index (χ1n) is 12.7. The summed E-state index contributed by atoms with van der Waals surface area (Å²) in [5, 5.41) is 5.19. The lowest BCUT2D eigenvalue weighted by molar-refractivity contribution is -0.137. The van der Waals surface area contributed by atoms with Gasteiger partial charge in [-0.1, -0.05) is 25.1 Å². The van der Waals surface area contributed by atoms with Gasteiger partial charge < -0.3 is 20.4 Å². The first-order chi connectivity index (χ1) is 19.1. The van der Waals surface area contributed by atoms with E-state index in [1.807, 2.05) is 0 Å². The van der Waals surface area contributed by atoms with Gasteiger partial charge in [-0.25, -0.2) is 4.98 Å². The van der Waals surface area contributed by atoms with E-state index in [2.05, 4.69) is 27.4 Å². The highest BCUT2D eigenvalue weighted by atomic mass is 19.4. The van der Waals surface area contributed by atoms with E-state index in [1.165, 1.54) is 30.5 Å². The Morgan fingerprint density at radius 3 is 2.35 bits per heavy atom. The number of hydrogen-bond acceptors (Lipinski definition) is 5. The van der Waals surface area contributed by atoms with Crippen LogP contribution in [0.5, 0.6) is 0 Å². The summed E-state index contributed by atoms with van der Waals surface area (Å²) in [6.07, 6.45) is -0.323. The third-order valence-corrected chi connectivity index (χ3v) is 6.39.